The first-order valence-electron chi connectivity index (χ1n) is 7.67. The first kappa shape index (κ1) is 14.4. The van der Waals surface area contributed by atoms with Crippen LogP contribution in [0.15, 0.2) is 18.2 Å². The molecule has 0 aliphatic carbocycles. The van der Waals surface area contributed by atoms with Crippen molar-refractivity contribution in [2.45, 2.75) is 40.7 Å². The predicted octanol–water partition coefficient (Wildman–Crippen LogP) is 3.59. The number of hydrogen-bond donors (Lipinski definition) is 1. The lowest BCUT2D eigenvalue weighted by Crippen LogP contribution is -2.38. The Kier molecular flexibility index (Phi) is 4.87. The first-order valence-corrected chi connectivity index (χ1v) is 7.67. The fourth-order valence-electron chi connectivity index (χ4n) is 2.93. The molecule has 1 aromatic rings. The van der Waals surface area contributed by atoms with E-state index in [9.17, 15) is 0 Å². The van der Waals surface area contributed by atoms with Crippen LogP contribution in [0, 0.1) is 18.8 Å². The molecule has 1 aliphatic heterocycles. The highest BCUT2D eigenvalue weighted by Crippen LogP contribution is 2.29. The van der Waals surface area contributed by atoms with Gasteiger partial charge in [-0.2, -0.15) is 0 Å². The van der Waals surface area contributed by atoms with Gasteiger partial charge in [-0.3, -0.25) is 0 Å². The second-order valence-electron chi connectivity index (χ2n) is 6.09. The highest BCUT2D eigenvalue weighted by Gasteiger charge is 2.23. The molecule has 1 N–H and O–H groups in total. The number of piperidine rings is 1. The van der Waals surface area contributed by atoms with Gasteiger partial charge in [0.25, 0.3) is 0 Å². The number of anilines is 1. The molecule has 2 atom stereocenters. The van der Waals surface area contributed by atoms with Crippen molar-refractivity contribution in [2.24, 2.45) is 11.8 Å². The first-order chi connectivity index (χ1) is 9.11. The molecule has 2 rings (SSSR count). The number of hydrogen-bond acceptors (Lipinski definition) is 2. The minimum atomic E-state index is 0.801. The largest absolute Gasteiger partial charge is 0.371 e. The lowest BCUT2D eigenvalue weighted by Gasteiger charge is -2.37. The summed E-state index contributed by atoms with van der Waals surface area (Å²) in [7, 11) is 0. The monoisotopic (exact) mass is 260 g/mol. The van der Waals surface area contributed by atoms with Gasteiger partial charge in [-0.1, -0.05) is 32.9 Å². The number of benzene rings is 1. The zero-order valence-corrected chi connectivity index (χ0v) is 12.9. The Balaban J connectivity index is 2.08. The second kappa shape index (κ2) is 6.42. The SMILES string of the molecule is CCNCc1ccc(N2CCC(C)C(C)C2)c(C)c1. The van der Waals surface area contributed by atoms with Crippen molar-refractivity contribution in [3.63, 3.8) is 0 Å². The van der Waals surface area contributed by atoms with Crippen LogP contribution in [0.25, 0.3) is 0 Å². The Morgan fingerprint density at radius 2 is 2.05 bits per heavy atom. The number of aryl methyl sites for hydroxylation is 1. The molecular formula is C17H28N2. The fourth-order valence-corrected chi connectivity index (χ4v) is 2.93. The van der Waals surface area contributed by atoms with Crippen molar-refractivity contribution < 1.29 is 0 Å². The molecule has 0 aromatic heterocycles. The molecule has 19 heavy (non-hydrogen) atoms. The lowest BCUT2D eigenvalue weighted by molar-refractivity contribution is 0.324. The average Bonchev–Trinajstić information content (AvgIpc) is 2.40. The van der Waals surface area contributed by atoms with Crippen molar-refractivity contribution >= 4 is 5.69 Å². The van der Waals surface area contributed by atoms with Crippen LogP contribution in [0.2, 0.25) is 0 Å². The van der Waals surface area contributed by atoms with Gasteiger partial charge in [-0.25, -0.2) is 0 Å². The summed E-state index contributed by atoms with van der Waals surface area (Å²) < 4.78 is 0. The minimum absolute atomic E-state index is 0.801. The van der Waals surface area contributed by atoms with Crippen molar-refractivity contribution in [1.29, 1.82) is 0 Å². The molecule has 1 aromatic carbocycles. The Hall–Kier alpha value is -1.02. The van der Waals surface area contributed by atoms with Crippen molar-refractivity contribution in [3.05, 3.63) is 29.3 Å². The van der Waals surface area contributed by atoms with Gasteiger partial charge in [0.05, 0.1) is 0 Å². The normalized spacial score (nSPS) is 23.7. The van der Waals surface area contributed by atoms with E-state index in [4.69, 9.17) is 0 Å². The fraction of sp³-hybridized carbons (Fsp3) is 0.647. The van der Waals surface area contributed by atoms with Gasteiger partial charge in [0.2, 0.25) is 0 Å². The summed E-state index contributed by atoms with van der Waals surface area (Å²) in [5, 5.41) is 3.39. The van der Waals surface area contributed by atoms with E-state index in [1.807, 2.05) is 0 Å². The maximum absolute atomic E-state index is 3.39. The van der Waals surface area contributed by atoms with Crippen LogP contribution in [0.1, 0.15) is 38.3 Å². The Labute approximate surface area is 118 Å². The molecule has 0 saturated carbocycles. The van der Waals surface area contributed by atoms with E-state index in [1.54, 1.807) is 0 Å². The van der Waals surface area contributed by atoms with Crippen molar-refractivity contribution in [3.8, 4) is 0 Å². The molecule has 2 nitrogen and oxygen atoms in total. The molecule has 1 saturated heterocycles. The van der Waals surface area contributed by atoms with E-state index in [2.05, 4.69) is 56.1 Å². The van der Waals surface area contributed by atoms with Crippen LogP contribution in [-0.2, 0) is 6.54 Å². The Morgan fingerprint density at radius 1 is 1.26 bits per heavy atom. The molecule has 1 aliphatic rings. The third-order valence-corrected chi connectivity index (χ3v) is 4.52. The van der Waals surface area contributed by atoms with E-state index >= 15 is 0 Å². The highest BCUT2D eigenvalue weighted by molar-refractivity contribution is 5.54. The van der Waals surface area contributed by atoms with Crippen LogP contribution in [0.4, 0.5) is 5.69 Å². The second-order valence-corrected chi connectivity index (χ2v) is 6.09. The van der Waals surface area contributed by atoms with Crippen LogP contribution in [-0.4, -0.2) is 19.6 Å². The molecule has 0 spiro atoms. The number of nitrogens with zero attached hydrogens (tertiary/aromatic N) is 1. The van der Waals surface area contributed by atoms with Gasteiger partial charge in [0.1, 0.15) is 0 Å². The summed E-state index contributed by atoms with van der Waals surface area (Å²) >= 11 is 0. The summed E-state index contributed by atoms with van der Waals surface area (Å²) in [6.45, 7) is 13.6. The van der Waals surface area contributed by atoms with E-state index < -0.39 is 0 Å². The van der Waals surface area contributed by atoms with Gasteiger partial charge in [0, 0.05) is 25.3 Å². The summed E-state index contributed by atoms with van der Waals surface area (Å²) in [6.07, 6.45) is 1.32. The summed E-state index contributed by atoms with van der Waals surface area (Å²) in [5.74, 6) is 1.67. The zero-order chi connectivity index (χ0) is 13.8. The van der Waals surface area contributed by atoms with E-state index in [0.717, 1.165) is 24.9 Å². The van der Waals surface area contributed by atoms with Gasteiger partial charge in [-0.15, -0.1) is 0 Å². The van der Waals surface area contributed by atoms with E-state index in [-0.39, 0.29) is 0 Å². The lowest BCUT2D eigenvalue weighted by atomic mass is 9.88. The number of rotatable bonds is 4. The molecule has 0 bridgehead atoms. The van der Waals surface area contributed by atoms with E-state index in [0.29, 0.717) is 0 Å². The van der Waals surface area contributed by atoms with Crippen LogP contribution in [0.5, 0.6) is 0 Å². The maximum atomic E-state index is 3.39. The molecule has 106 valence electrons. The average molecular weight is 260 g/mol. The third-order valence-electron chi connectivity index (χ3n) is 4.52. The molecular weight excluding hydrogens is 232 g/mol. The summed E-state index contributed by atoms with van der Waals surface area (Å²) in [4.78, 5) is 2.57. The summed E-state index contributed by atoms with van der Waals surface area (Å²) in [6, 6.07) is 6.92. The quantitative estimate of drug-likeness (QED) is 0.890. The maximum Gasteiger partial charge on any atom is 0.0396 e. The topological polar surface area (TPSA) is 15.3 Å². The standard InChI is InChI=1S/C17H28N2/c1-5-18-11-16-6-7-17(14(3)10-16)19-9-8-13(2)15(4)12-19/h6-7,10,13,15,18H,5,8-9,11-12H2,1-4H3. The molecule has 0 radical (unpaired) electrons. The minimum Gasteiger partial charge on any atom is -0.371 e. The van der Waals surface area contributed by atoms with Gasteiger partial charge < -0.3 is 10.2 Å². The molecule has 1 heterocycles. The molecule has 2 unspecified atom stereocenters. The van der Waals surface area contributed by atoms with Crippen LogP contribution in [0.3, 0.4) is 0 Å². The van der Waals surface area contributed by atoms with Gasteiger partial charge in [-0.05, 0) is 48.9 Å². The predicted molar refractivity (Wildman–Crippen MR) is 83.7 cm³/mol. The van der Waals surface area contributed by atoms with Crippen LogP contribution < -0.4 is 10.2 Å². The molecule has 2 heteroatoms. The summed E-state index contributed by atoms with van der Waals surface area (Å²) in [5.41, 5.74) is 4.23. The number of nitrogens with one attached hydrogen (secondary N) is 1. The smallest absolute Gasteiger partial charge is 0.0396 e. The van der Waals surface area contributed by atoms with Gasteiger partial charge in [0.15, 0.2) is 0 Å². The van der Waals surface area contributed by atoms with E-state index in [1.165, 1.54) is 36.3 Å². The van der Waals surface area contributed by atoms with Gasteiger partial charge >= 0.3 is 0 Å². The molecule has 1 fully saturated rings. The van der Waals surface area contributed by atoms with Crippen molar-refractivity contribution in [2.75, 3.05) is 24.5 Å². The third kappa shape index (κ3) is 3.50. The van der Waals surface area contributed by atoms with Crippen molar-refractivity contribution in [1.82, 2.24) is 5.32 Å². The Morgan fingerprint density at radius 3 is 2.68 bits per heavy atom. The zero-order valence-electron chi connectivity index (χ0n) is 12.9. The molecule has 0 amide bonds. The Bertz CT molecular complexity index is 414. The van der Waals surface area contributed by atoms with Crippen LogP contribution >= 0.6 is 0 Å². The highest BCUT2D eigenvalue weighted by atomic mass is 15.1.